The van der Waals surface area contributed by atoms with Crippen LogP contribution >= 0.6 is 0 Å². The van der Waals surface area contributed by atoms with E-state index >= 15 is 0 Å². The van der Waals surface area contributed by atoms with E-state index in [0.29, 0.717) is 0 Å². The lowest BCUT2D eigenvalue weighted by Gasteiger charge is -1.87. The number of methoxy groups -OCH3 is 1. The van der Waals surface area contributed by atoms with Gasteiger partial charge in [-0.05, 0) is 5.21 Å². The Morgan fingerprint density at radius 3 is 2.80 bits per heavy atom. The lowest BCUT2D eigenvalue weighted by Crippen LogP contribution is -2.04. The van der Waals surface area contributed by atoms with Crippen molar-refractivity contribution in [3.8, 4) is 0 Å². The number of rotatable bonds is 1. The van der Waals surface area contributed by atoms with Gasteiger partial charge in [-0.1, -0.05) is 0 Å². The van der Waals surface area contributed by atoms with E-state index in [4.69, 9.17) is 0 Å². The molecule has 1 heterocycles. The first-order chi connectivity index (χ1) is 4.74. The Bertz CT molecular complexity index is 243. The van der Waals surface area contributed by atoms with E-state index < -0.39 is 5.97 Å². The number of aromatic nitrogens is 4. The van der Waals surface area contributed by atoms with Crippen molar-refractivity contribution in [2.75, 3.05) is 7.11 Å². The molecule has 0 saturated heterocycles. The number of carbonyl (C=O) groups is 1. The molecule has 0 atom stereocenters. The van der Waals surface area contributed by atoms with Crippen molar-refractivity contribution < 1.29 is 9.53 Å². The first-order valence-corrected chi connectivity index (χ1v) is 2.56. The number of esters is 1. The SMILES string of the molecule is COC(=O)c1nnn(C)n1. The van der Waals surface area contributed by atoms with E-state index in [0.717, 1.165) is 0 Å². The third-order valence-corrected chi connectivity index (χ3v) is 0.876. The van der Waals surface area contributed by atoms with Crippen LogP contribution in [-0.4, -0.2) is 33.3 Å². The fourth-order valence-electron chi connectivity index (χ4n) is 0.457. The van der Waals surface area contributed by atoms with Crippen LogP contribution in [0.1, 0.15) is 10.6 Å². The van der Waals surface area contributed by atoms with Crippen LogP contribution in [0.3, 0.4) is 0 Å². The predicted molar refractivity (Wildman–Crippen MR) is 30.1 cm³/mol. The van der Waals surface area contributed by atoms with E-state index in [1.807, 2.05) is 0 Å². The van der Waals surface area contributed by atoms with Gasteiger partial charge in [-0.25, -0.2) is 4.79 Å². The summed E-state index contributed by atoms with van der Waals surface area (Å²) in [5, 5.41) is 10.5. The average Bonchev–Trinajstić information content (AvgIpc) is 2.34. The second-order valence-electron chi connectivity index (χ2n) is 1.59. The molecule has 1 rings (SSSR count). The second-order valence-corrected chi connectivity index (χ2v) is 1.59. The number of hydrogen-bond acceptors (Lipinski definition) is 5. The van der Waals surface area contributed by atoms with Gasteiger partial charge in [-0.15, -0.1) is 10.2 Å². The Hall–Kier alpha value is -1.46. The molecular formula is C4H6N4O2. The van der Waals surface area contributed by atoms with Gasteiger partial charge in [0.05, 0.1) is 14.2 Å². The van der Waals surface area contributed by atoms with Crippen LogP contribution in [-0.2, 0) is 11.8 Å². The molecule has 0 aliphatic heterocycles. The number of nitrogens with zero attached hydrogens (tertiary/aromatic N) is 4. The van der Waals surface area contributed by atoms with E-state index in [2.05, 4.69) is 20.1 Å². The van der Waals surface area contributed by atoms with Crippen molar-refractivity contribution in [2.45, 2.75) is 0 Å². The van der Waals surface area contributed by atoms with E-state index in [1.165, 1.54) is 11.9 Å². The van der Waals surface area contributed by atoms with Crippen LogP contribution in [0.4, 0.5) is 0 Å². The molecule has 1 aromatic heterocycles. The van der Waals surface area contributed by atoms with Crippen molar-refractivity contribution in [3.63, 3.8) is 0 Å². The minimum Gasteiger partial charge on any atom is -0.463 e. The van der Waals surface area contributed by atoms with Crippen molar-refractivity contribution >= 4 is 5.97 Å². The van der Waals surface area contributed by atoms with E-state index in [9.17, 15) is 4.79 Å². The van der Waals surface area contributed by atoms with Crippen LogP contribution in [0.25, 0.3) is 0 Å². The quantitative estimate of drug-likeness (QED) is 0.470. The Labute approximate surface area is 56.8 Å². The molecule has 0 saturated carbocycles. The van der Waals surface area contributed by atoms with Crippen LogP contribution in [0.2, 0.25) is 0 Å². The van der Waals surface area contributed by atoms with Gasteiger partial charge >= 0.3 is 5.97 Å². The lowest BCUT2D eigenvalue weighted by molar-refractivity contribution is 0.0586. The molecule has 0 aliphatic carbocycles. The van der Waals surface area contributed by atoms with Crippen LogP contribution < -0.4 is 0 Å². The zero-order valence-corrected chi connectivity index (χ0v) is 5.61. The molecule has 1 aromatic rings. The summed E-state index contributed by atoms with van der Waals surface area (Å²) in [6.45, 7) is 0. The normalized spacial score (nSPS) is 9.40. The lowest BCUT2D eigenvalue weighted by atomic mass is 10.6. The minimum atomic E-state index is -0.576. The molecule has 6 heteroatoms. The van der Waals surface area contributed by atoms with Crippen molar-refractivity contribution in [1.82, 2.24) is 20.2 Å². The molecule has 0 fully saturated rings. The molecule has 0 unspecified atom stereocenters. The number of ether oxygens (including phenoxy) is 1. The minimum absolute atomic E-state index is 0.0231. The van der Waals surface area contributed by atoms with Crippen LogP contribution in [0.15, 0.2) is 0 Å². The molecule has 0 amide bonds. The summed E-state index contributed by atoms with van der Waals surface area (Å²) in [6, 6.07) is 0. The predicted octanol–water partition coefficient (Wildman–Crippen LogP) is -1.00. The molecule has 10 heavy (non-hydrogen) atoms. The van der Waals surface area contributed by atoms with Crippen LogP contribution in [0, 0.1) is 0 Å². The van der Waals surface area contributed by atoms with Gasteiger partial charge in [0.25, 0.3) is 5.82 Å². The Kier molecular flexibility index (Phi) is 1.61. The fourth-order valence-corrected chi connectivity index (χ4v) is 0.457. The van der Waals surface area contributed by atoms with Crippen LogP contribution in [0.5, 0.6) is 0 Å². The van der Waals surface area contributed by atoms with Gasteiger partial charge in [0, 0.05) is 0 Å². The largest absolute Gasteiger partial charge is 0.463 e. The van der Waals surface area contributed by atoms with Crippen molar-refractivity contribution in [3.05, 3.63) is 5.82 Å². The molecule has 0 N–H and O–H groups in total. The number of aryl methyl sites for hydroxylation is 1. The zero-order valence-electron chi connectivity index (χ0n) is 5.61. The smallest absolute Gasteiger partial charge is 0.379 e. The Balaban J connectivity index is 2.85. The highest BCUT2D eigenvalue weighted by Gasteiger charge is 2.10. The summed E-state index contributed by atoms with van der Waals surface area (Å²) in [6.07, 6.45) is 0. The van der Waals surface area contributed by atoms with Gasteiger partial charge in [0.1, 0.15) is 0 Å². The monoisotopic (exact) mass is 142 g/mol. The summed E-state index contributed by atoms with van der Waals surface area (Å²) in [4.78, 5) is 11.8. The van der Waals surface area contributed by atoms with Gasteiger partial charge in [0.2, 0.25) is 0 Å². The molecule has 0 spiro atoms. The second kappa shape index (κ2) is 2.42. The number of carbonyl (C=O) groups excluding carboxylic acids is 1. The average molecular weight is 142 g/mol. The Morgan fingerprint density at radius 2 is 2.40 bits per heavy atom. The highest BCUT2D eigenvalue weighted by molar-refractivity contribution is 5.84. The molecule has 54 valence electrons. The molecule has 6 nitrogen and oxygen atoms in total. The Morgan fingerprint density at radius 1 is 1.70 bits per heavy atom. The maximum Gasteiger partial charge on any atom is 0.379 e. The van der Waals surface area contributed by atoms with E-state index in [1.54, 1.807) is 7.05 Å². The molecular weight excluding hydrogens is 136 g/mol. The molecule has 0 bridgehead atoms. The number of tetrazole rings is 1. The van der Waals surface area contributed by atoms with Gasteiger partial charge in [-0.3, -0.25) is 0 Å². The molecule has 0 aliphatic rings. The van der Waals surface area contributed by atoms with Gasteiger partial charge in [0.15, 0.2) is 0 Å². The first-order valence-electron chi connectivity index (χ1n) is 2.56. The fraction of sp³-hybridized carbons (Fsp3) is 0.500. The van der Waals surface area contributed by atoms with Crippen molar-refractivity contribution in [1.29, 1.82) is 0 Å². The summed E-state index contributed by atoms with van der Waals surface area (Å²) in [5.74, 6) is -0.599. The standard InChI is InChI=1S/C4H6N4O2/c1-8-6-3(5-7-8)4(9)10-2/h1-2H3. The maximum atomic E-state index is 10.6. The third kappa shape index (κ3) is 1.09. The first kappa shape index (κ1) is 6.66. The summed E-state index contributed by atoms with van der Waals surface area (Å²) >= 11 is 0. The highest BCUT2D eigenvalue weighted by atomic mass is 16.5. The summed E-state index contributed by atoms with van der Waals surface area (Å²) in [7, 11) is 2.83. The van der Waals surface area contributed by atoms with Gasteiger partial charge in [-0.2, -0.15) is 4.80 Å². The summed E-state index contributed by atoms with van der Waals surface area (Å²) in [5.41, 5.74) is 0. The summed E-state index contributed by atoms with van der Waals surface area (Å²) < 4.78 is 4.33. The topological polar surface area (TPSA) is 69.9 Å². The van der Waals surface area contributed by atoms with Crippen molar-refractivity contribution in [2.24, 2.45) is 7.05 Å². The van der Waals surface area contributed by atoms with Gasteiger partial charge < -0.3 is 4.74 Å². The molecule has 0 aromatic carbocycles. The molecule has 0 radical (unpaired) electrons. The highest BCUT2D eigenvalue weighted by Crippen LogP contribution is 1.86. The zero-order chi connectivity index (χ0) is 7.56. The third-order valence-electron chi connectivity index (χ3n) is 0.876. The number of hydrogen-bond donors (Lipinski definition) is 0. The maximum absolute atomic E-state index is 10.6. The van der Waals surface area contributed by atoms with E-state index in [-0.39, 0.29) is 5.82 Å².